The molecule has 4 rings (SSSR count). The predicted molar refractivity (Wildman–Crippen MR) is 124 cm³/mol. The van der Waals surface area contributed by atoms with E-state index in [1.807, 2.05) is 69.0 Å². The highest BCUT2D eigenvalue weighted by Gasteiger charge is 2.44. The second kappa shape index (κ2) is 9.17. The summed E-state index contributed by atoms with van der Waals surface area (Å²) in [5.41, 5.74) is 3.18. The first-order valence-electron chi connectivity index (χ1n) is 11.2. The number of carbonyl (C=O) groups is 2. The van der Waals surface area contributed by atoms with E-state index in [-0.39, 0.29) is 24.0 Å². The number of rotatable bonds is 6. The zero-order valence-electron chi connectivity index (χ0n) is 19.1. The van der Waals surface area contributed by atoms with Crippen molar-refractivity contribution in [3.8, 4) is 5.75 Å². The Morgan fingerprint density at radius 1 is 0.969 bits per heavy atom. The number of hydrogen-bond acceptors (Lipinski definition) is 5. The lowest BCUT2D eigenvalue weighted by molar-refractivity contribution is -0.121. The van der Waals surface area contributed by atoms with Crippen LogP contribution in [0.3, 0.4) is 0 Å². The molecule has 6 nitrogen and oxygen atoms in total. The van der Waals surface area contributed by atoms with Gasteiger partial charge in [0.1, 0.15) is 11.4 Å². The zero-order valence-corrected chi connectivity index (χ0v) is 19.1. The molecule has 0 radical (unpaired) electrons. The first-order valence-corrected chi connectivity index (χ1v) is 11.2. The van der Waals surface area contributed by atoms with Gasteiger partial charge in [0, 0.05) is 13.1 Å². The molecule has 2 heterocycles. The zero-order chi connectivity index (χ0) is 22.8. The molecular formula is C26H30N2O4. The number of hydrogen-bond donors (Lipinski definition) is 0. The molecule has 2 aromatic rings. The van der Waals surface area contributed by atoms with E-state index in [2.05, 4.69) is 0 Å². The maximum Gasteiger partial charge on any atom is 0.282 e. The number of amides is 2. The molecule has 6 heteroatoms. The fraction of sp³-hybridized carbons (Fsp3) is 0.385. The van der Waals surface area contributed by atoms with E-state index < -0.39 is 0 Å². The summed E-state index contributed by atoms with van der Waals surface area (Å²) < 4.78 is 11.7. The van der Waals surface area contributed by atoms with E-state index in [0.717, 1.165) is 17.5 Å². The number of morpholine rings is 1. The molecule has 2 aliphatic rings. The summed E-state index contributed by atoms with van der Waals surface area (Å²) in [4.78, 5) is 30.9. The summed E-state index contributed by atoms with van der Waals surface area (Å²) in [5, 5.41) is 0. The van der Waals surface area contributed by atoms with Gasteiger partial charge in [-0.05, 0) is 44.9 Å². The van der Waals surface area contributed by atoms with Crippen molar-refractivity contribution in [2.45, 2.75) is 46.3 Å². The van der Waals surface area contributed by atoms with E-state index in [0.29, 0.717) is 42.4 Å². The number of ether oxygens (including phenoxy) is 2. The molecule has 0 saturated carbocycles. The number of imide groups is 1. The van der Waals surface area contributed by atoms with Crippen LogP contribution in [0.2, 0.25) is 0 Å². The molecule has 1 saturated heterocycles. The standard InChI is InChI=1S/C26H30N2O4/c1-5-14-31-22-9-7-6-8-21(22)28-25(29)23(20-12-10-17(2)11-13-20)24(26(28)30)27-15-18(3)32-19(4)16-27/h6-13,18-19H,5,14-16H2,1-4H3. The van der Waals surface area contributed by atoms with E-state index in [4.69, 9.17) is 9.47 Å². The lowest BCUT2D eigenvalue weighted by Gasteiger charge is -2.37. The highest BCUT2D eigenvalue weighted by Crippen LogP contribution is 2.39. The minimum absolute atomic E-state index is 0.0392. The largest absolute Gasteiger partial charge is 0.491 e. The molecule has 0 aliphatic carbocycles. The van der Waals surface area contributed by atoms with Gasteiger partial charge in [-0.25, -0.2) is 4.90 Å². The Balaban J connectivity index is 1.81. The Bertz CT molecular complexity index is 1030. The van der Waals surface area contributed by atoms with Gasteiger partial charge < -0.3 is 14.4 Å². The first-order chi connectivity index (χ1) is 15.4. The van der Waals surface area contributed by atoms with Gasteiger partial charge in [-0.15, -0.1) is 0 Å². The molecule has 32 heavy (non-hydrogen) atoms. The second-order valence-corrected chi connectivity index (χ2v) is 8.51. The maximum absolute atomic E-state index is 13.8. The maximum atomic E-state index is 13.8. The normalized spacial score (nSPS) is 21.5. The summed E-state index contributed by atoms with van der Waals surface area (Å²) in [6.45, 7) is 9.61. The third-order valence-electron chi connectivity index (χ3n) is 5.70. The summed E-state index contributed by atoms with van der Waals surface area (Å²) >= 11 is 0. The molecule has 0 bridgehead atoms. The molecule has 0 spiro atoms. The molecule has 2 unspecified atom stereocenters. The van der Waals surface area contributed by atoms with Crippen LogP contribution in [0, 0.1) is 6.92 Å². The minimum Gasteiger partial charge on any atom is -0.491 e. The van der Waals surface area contributed by atoms with Crippen LogP contribution in [0.15, 0.2) is 54.2 Å². The molecule has 2 aliphatic heterocycles. The number of anilines is 1. The van der Waals surface area contributed by atoms with Crippen molar-refractivity contribution in [1.82, 2.24) is 4.90 Å². The Morgan fingerprint density at radius 2 is 1.62 bits per heavy atom. The number of aryl methyl sites for hydroxylation is 1. The first kappa shape index (κ1) is 22.1. The fourth-order valence-electron chi connectivity index (χ4n) is 4.35. The topological polar surface area (TPSA) is 59.1 Å². The van der Waals surface area contributed by atoms with E-state index in [1.165, 1.54) is 4.90 Å². The summed E-state index contributed by atoms with van der Waals surface area (Å²) in [7, 11) is 0. The van der Waals surface area contributed by atoms with Gasteiger partial charge in [0.2, 0.25) is 0 Å². The molecule has 2 aromatic carbocycles. The van der Waals surface area contributed by atoms with Crippen LogP contribution in [0.25, 0.3) is 5.57 Å². The second-order valence-electron chi connectivity index (χ2n) is 8.51. The third kappa shape index (κ3) is 4.15. The molecule has 2 atom stereocenters. The Labute approximate surface area is 189 Å². The van der Waals surface area contributed by atoms with Crippen molar-refractivity contribution in [1.29, 1.82) is 0 Å². The summed E-state index contributed by atoms with van der Waals surface area (Å²) in [6.07, 6.45) is 0.753. The van der Waals surface area contributed by atoms with Crippen molar-refractivity contribution in [2.24, 2.45) is 0 Å². The lowest BCUT2D eigenvalue weighted by Crippen LogP contribution is -2.47. The van der Waals surface area contributed by atoms with Crippen LogP contribution in [-0.2, 0) is 14.3 Å². The number of benzene rings is 2. The van der Waals surface area contributed by atoms with Crippen LogP contribution in [0.4, 0.5) is 5.69 Å². The van der Waals surface area contributed by atoms with Gasteiger partial charge in [0.05, 0.1) is 30.1 Å². The molecule has 0 aromatic heterocycles. The third-order valence-corrected chi connectivity index (χ3v) is 5.70. The smallest absolute Gasteiger partial charge is 0.282 e. The summed E-state index contributed by atoms with van der Waals surface area (Å²) in [5.74, 6) is -0.114. The molecule has 0 N–H and O–H groups in total. The quantitative estimate of drug-likeness (QED) is 0.639. The SMILES string of the molecule is CCCOc1ccccc1N1C(=O)C(c2ccc(C)cc2)=C(N2CC(C)OC(C)C2)C1=O. The van der Waals surface area contributed by atoms with Gasteiger partial charge in [0.15, 0.2) is 0 Å². The molecule has 168 valence electrons. The van der Waals surface area contributed by atoms with Gasteiger partial charge in [0.25, 0.3) is 11.8 Å². The monoisotopic (exact) mass is 434 g/mol. The Hall–Kier alpha value is -3.12. The van der Waals surface area contributed by atoms with E-state index in [9.17, 15) is 9.59 Å². The van der Waals surface area contributed by atoms with E-state index >= 15 is 0 Å². The summed E-state index contributed by atoms with van der Waals surface area (Å²) in [6, 6.07) is 15.0. The van der Waals surface area contributed by atoms with Gasteiger partial charge in [-0.2, -0.15) is 0 Å². The average Bonchev–Trinajstić information content (AvgIpc) is 3.02. The van der Waals surface area contributed by atoms with Crippen LogP contribution < -0.4 is 9.64 Å². The van der Waals surface area contributed by atoms with Gasteiger partial charge in [-0.3, -0.25) is 9.59 Å². The molecule has 2 amide bonds. The number of carbonyl (C=O) groups excluding carboxylic acids is 2. The number of para-hydroxylation sites is 2. The fourth-order valence-corrected chi connectivity index (χ4v) is 4.35. The van der Waals surface area contributed by atoms with Crippen LogP contribution >= 0.6 is 0 Å². The van der Waals surface area contributed by atoms with Gasteiger partial charge >= 0.3 is 0 Å². The van der Waals surface area contributed by atoms with Crippen molar-refractivity contribution in [3.05, 3.63) is 65.4 Å². The van der Waals surface area contributed by atoms with Crippen LogP contribution in [0.1, 0.15) is 38.3 Å². The minimum atomic E-state index is -0.326. The molecular weight excluding hydrogens is 404 g/mol. The lowest BCUT2D eigenvalue weighted by atomic mass is 10.0. The van der Waals surface area contributed by atoms with Crippen LogP contribution in [0.5, 0.6) is 5.75 Å². The Kier molecular flexibility index (Phi) is 6.33. The Morgan fingerprint density at radius 3 is 2.28 bits per heavy atom. The predicted octanol–water partition coefficient (Wildman–Crippen LogP) is 4.18. The van der Waals surface area contributed by atoms with Crippen molar-refractivity contribution < 1.29 is 19.1 Å². The molecule has 1 fully saturated rings. The van der Waals surface area contributed by atoms with Crippen molar-refractivity contribution in [2.75, 3.05) is 24.6 Å². The van der Waals surface area contributed by atoms with Crippen molar-refractivity contribution in [3.63, 3.8) is 0 Å². The van der Waals surface area contributed by atoms with Crippen LogP contribution in [-0.4, -0.2) is 48.6 Å². The highest BCUT2D eigenvalue weighted by atomic mass is 16.5. The van der Waals surface area contributed by atoms with Crippen molar-refractivity contribution >= 4 is 23.1 Å². The van der Waals surface area contributed by atoms with Gasteiger partial charge in [-0.1, -0.05) is 48.9 Å². The highest BCUT2D eigenvalue weighted by molar-refractivity contribution is 6.45. The van der Waals surface area contributed by atoms with E-state index in [1.54, 1.807) is 12.1 Å². The number of nitrogens with zero attached hydrogens (tertiary/aromatic N) is 2. The average molecular weight is 435 g/mol.